The molecule has 0 unspecified atom stereocenters. The van der Waals surface area contributed by atoms with Crippen molar-refractivity contribution in [1.82, 2.24) is 24.8 Å². The fourth-order valence-electron chi connectivity index (χ4n) is 5.93. The van der Waals surface area contributed by atoms with Gasteiger partial charge in [-0.3, -0.25) is 9.80 Å². The highest BCUT2D eigenvalue weighted by atomic mass is 19.1. The summed E-state index contributed by atoms with van der Waals surface area (Å²) in [5.41, 5.74) is -0.872. The van der Waals surface area contributed by atoms with E-state index in [1.807, 2.05) is 36.6 Å². The summed E-state index contributed by atoms with van der Waals surface area (Å²) in [4.78, 5) is 31.7. The predicted octanol–water partition coefficient (Wildman–Crippen LogP) is 2.29. The van der Waals surface area contributed by atoms with Crippen molar-refractivity contribution in [3.63, 3.8) is 0 Å². The lowest BCUT2D eigenvalue weighted by Crippen LogP contribution is -2.57. The third-order valence-corrected chi connectivity index (χ3v) is 7.30. The van der Waals surface area contributed by atoms with Gasteiger partial charge in [-0.05, 0) is 53.0 Å². The summed E-state index contributed by atoms with van der Waals surface area (Å²) in [6.07, 6.45) is 2.97. The zero-order chi connectivity index (χ0) is 24.1. The number of alkyl halides is 1. The lowest BCUT2D eigenvalue weighted by atomic mass is 9.95. The molecule has 0 N–H and O–H groups in total. The molecule has 4 fully saturated rings. The van der Waals surface area contributed by atoms with Crippen molar-refractivity contribution < 1.29 is 18.7 Å². The van der Waals surface area contributed by atoms with E-state index in [-0.39, 0.29) is 35.6 Å². The van der Waals surface area contributed by atoms with E-state index in [1.165, 1.54) is 0 Å². The number of piperazine rings is 1. The third kappa shape index (κ3) is 4.35. The molecule has 0 saturated carbocycles. The van der Waals surface area contributed by atoms with Crippen LogP contribution in [0.1, 0.15) is 58.7 Å². The first-order chi connectivity index (χ1) is 16.2. The molecule has 11 heteroatoms. The van der Waals surface area contributed by atoms with Crippen LogP contribution in [0.5, 0.6) is 6.01 Å². The van der Waals surface area contributed by atoms with Crippen molar-refractivity contribution in [2.45, 2.75) is 82.3 Å². The van der Waals surface area contributed by atoms with Gasteiger partial charge in [-0.15, -0.1) is 0 Å². The van der Waals surface area contributed by atoms with Crippen LogP contribution < -0.4 is 9.64 Å². The number of hydrogen-bond donors (Lipinski definition) is 0. The first kappa shape index (κ1) is 23.0. The Morgan fingerprint density at radius 3 is 2.62 bits per heavy atom. The van der Waals surface area contributed by atoms with Gasteiger partial charge in [-0.1, -0.05) is 0 Å². The molecule has 0 radical (unpaired) electrons. The number of nitriles is 1. The van der Waals surface area contributed by atoms with Crippen LogP contribution in [-0.2, 0) is 4.74 Å². The van der Waals surface area contributed by atoms with Crippen LogP contribution in [0.25, 0.3) is 0 Å². The van der Waals surface area contributed by atoms with Crippen molar-refractivity contribution in [1.29, 1.82) is 5.26 Å². The molecule has 4 atom stereocenters. The maximum atomic E-state index is 14.1. The molecule has 5 rings (SSSR count). The fourth-order valence-corrected chi connectivity index (χ4v) is 5.93. The largest absolute Gasteiger partial charge is 0.461 e. The zero-order valence-electron chi connectivity index (χ0n) is 20.0. The summed E-state index contributed by atoms with van der Waals surface area (Å²) in [6, 6.07) is 2.07. The normalized spacial score (nSPS) is 30.9. The fraction of sp³-hybridized carbons (Fsp3) is 0.783. The van der Waals surface area contributed by atoms with Crippen LogP contribution >= 0.6 is 0 Å². The molecule has 184 valence electrons. The van der Waals surface area contributed by atoms with Crippen LogP contribution in [-0.4, -0.2) is 93.0 Å². The Bertz CT molecular complexity index is 982. The van der Waals surface area contributed by atoms with Crippen LogP contribution in [0.2, 0.25) is 0 Å². The van der Waals surface area contributed by atoms with Gasteiger partial charge in [-0.25, -0.2) is 9.18 Å². The highest BCUT2D eigenvalue weighted by Crippen LogP contribution is 2.40. The summed E-state index contributed by atoms with van der Waals surface area (Å²) in [5.74, 6) is 0.357. The lowest BCUT2D eigenvalue weighted by molar-refractivity contribution is 0.0122. The molecule has 4 aliphatic rings. The monoisotopic (exact) mass is 473 g/mol. The summed E-state index contributed by atoms with van der Waals surface area (Å²) < 4.78 is 25.7. The van der Waals surface area contributed by atoms with Crippen LogP contribution in [0.3, 0.4) is 0 Å². The van der Waals surface area contributed by atoms with E-state index in [2.05, 4.69) is 19.9 Å². The molecule has 1 amide bonds. The molecule has 34 heavy (non-hydrogen) atoms. The molecular weight excluding hydrogens is 441 g/mol. The standard InChI is InChI=1S/C23H32FN7O3/c1-22(2,3)34-21(32)31-16-5-6-17(31)13-29(12-16)19-26-18(10-25)27-20(28-19)33-14-23-7-4-8-30(23)11-15(24)9-23/h15-17H,4-9,11-14H2,1-3H3/t15-,16-,17+,23+/m1/s1. The molecule has 5 heterocycles. The molecule has 4 aliphatic heterocycles. The molecule has 2 bridgehead atoms. The second-order valence-electron chi connectivity index (χ2n) is 10.9. The van der Waals surface area contributed by atoms with Crippen molar-refractivity contribution >= 4 is 12.0 Å². The molecular formula is C23H32FN7O3. The van der Waals surface area contributed by atoms with Crippen molar-refractivity contribution in [2.75, 3.05) is 37.7 Å². The van der Waals surface area contributed by atoms with Gasteiger partial charge in [0.1, 0.15) is 24.4 Å². The molecule has 1 aromatic heterocycles. The SMILES string of the molecule is CC(C)(C)OC(=O)N1[C@@H]2CC[C@H]1CN(c1nc(C#N)nc(OC[C@@]34CCCN3C[C@H](F)C4)n1)C2. The van der Waals surface area contributed by atoms with Gasteiger partial charge in [0.15, 0.2) is 0 Å². The van der Waals surface area contributed by atoms with Gasteiger partial charge < -0.3 is 14.4 Å². The maximum absolute atomic E-state index is 14.1. The molecule has 0 aliphatic carbocycles. The average molecular weight is 474 g/mol. The third-order valence-electron chi connectivity index (χ3n) is 7.30. The Kier molecular flexibility index (Phi) is 5.74. The summed E-state index contributed by atoms with van der Waals surface area (Å²) >= 11 is 0. The number of carbonyl (C=O) groups excluding carboxylic acids is 1. The first-order valence-electron chi connectivity index (χ1n) is 12.1. The Morgan fingerprint density at radius 2 is 1.94 bits per heavy atom. The number of hydrogen-bond acceptors (Lipinski definition) is 9. The highest BCUT2D eigenvalue weighted by Gasteiger charge is 2.49. The highest BCUT2D eigenvalue weighted by molar-refractivity contribution is 5.70. The van der Waals surface area contributed by atoms with Crippen molar-refractivity contribution in [3.05, 3.63) is 5.82 Å². The topological polar surface area (TPSA) is 108 Å². The maximum Gasteiger partial charge on any atom is 0.410 e. The van der Waals surface area contributed by atoms with E-state index < -0.39 is 11.8 Å². The minimum absolute atomic E-state index is 0.00817. The molecule has 10 nitrogen and oxygen atoms in total. The number of rotatable bonds is 4. The van der Waals surface area contributed by atoms with Gasteiger partial charge in [0.05, 0.1) is 17.6 Å². The van der Waals surface area contributed by atoms with Gasteiger partial charge in [0, 0.05) is 26.1 Å². The molecule has 1 aromatic rings. The molecule has 4 saturated heterocycles. The van der Waals surface area contributed by atoms with Gasteiger partial charge in [-0.2, -0.15) is 20.2 Å². The van der Waals surface area contributed by atoms with E-state index in [9.17, 15) is 14.4 Å². The summed E-state index contributed by atoms with van der Waals surface area (Å²) in [6.45, 7) is 8.30. The van der Waals surface area contributed by atoms with Crippen molar-refractivity contribution in [2.24, 2.45) is 0 Å². The van der Waals surface area contributed by atoms with E-state index in [0.29, 0.717) is 38.6 Å². The predicted molar refractivity (Wildman–Crippen MR) is 120 cm³/mol. The van der Waals surface area contributed by atoms with E-state index >= 15 is 0 Å². The van der Waals surface area contributed by atoms with Gasteiger partial charge in [0.25, 0.3) is 0 Å². The minimum atomic E-state index is -0.843. The second-order valence-corrected chi connectivity index (χ2v) is 10.9. The van der Waals surface area contributed by atoms with Crippen LogP contribution in [0.4, 0.5) is 15.1 Å². The number of halogens is 1. The molecule has 0 aromatic carbocycles. The Hall–Kier alpha value is -2.74. The Balaban J connectivity index is 1.30. The Labute approximate surface area is 199 Å². The lowest BCUT2D eigenvalue weighted by Gasteiger charge is -2.41. The van der Waals surface area contributed by atoms with Crippen molar-refractivity contribution in [3.8, 4) is 12.1 Å². The summed E-state index contributed by atoms with van der Waals surface area (Å²) in [5, 5.41) is 9.48. The number of nitrogens with zero attached hydrogens (tertiary/aromatic N) is 7. The van der Waals surface area contributed by atoms with Crippen LogP contribution in [0.15, 0.2) is 0 Å². The van der Waals surface area contributed by atoms with Crippen LogP contribution in [0, 0.1) is 11.3 Å². The zero-order valence-corrected chi connectivity index (χ0v) is 20.0. The van der Waals surface area contributed by atoms with Gasteiger partial charge in [0.2, 0.25) is 11.8 Å². The van der Waals surface area contributed by atoms with E-state index in [1.54, 1.807) is 0 Å². The van der Waals surface area contributed by atoms with E-state index in [4.69, 9.17) is 9.47 Å². The number of carbonyl (C=O) groups is 1. The number of amides is 1. The Morgan fingerprint density at radius 1 is 1.21 bits per heavy atom. The minimum Gasteiger partial charge on any atom is -0.461 e. The quantitative estimate of drug-likeness (QED) is 0.651. The van der Waals surface area contributed by atoms with Gasteiger partial charge >= 0.3 is 12.1 Å². The number of ether oxygens (including phenoxy) is 2. The first-order valence-corrected chi connectivity index (χ1v) is 12.1. The number of fused-ring (bicyclic) bond motifs is 3. The summed E-state index contributed by atoms with van der Waals surface area (Å²) in [7, 11) is 0. The number of anilines is 1. The smallest absolute Gasteiger partial charge is 0.410 e. The van der Waals surface area contributed by atoms with E-state index in [0.717, 1.165) is 32.2 Å². The number of aromatic nitrogens is 3. The average Bonchev–Trinajstić information content (AvgIpc) is 3.38. The molecule has 0 spiro atoms. The second kappa shape index (κ2) is 8.48.